The lowest BCUT2D eigenvalue weighted by molar-refractivity contribution is -0.136. The number of benzene rings is 1. The van der Waals surface area contributed by atoms with Crippen molar-refractivity contribution in [2.75, 3.05) is 0 Å². The number of carbonyl (C=O) groups is 1. The fraction of sp³-hybridized carbons (Fsp3) is 0.500. The van der Waals surface area contributed by atoms with Crippen LogP contribution < -0.4 is 10.5 Å². The molecule has 1 aromatic carbocycles. The molecular formula is C14H21NO2. The fourth-order valence-electron chi connectivity index (χ4n) is 1.62. The van der Waals surface area contributed by atoms with Gasteiger partial charge in [0.15, 0.2) is 0 Å². The summed E-state index contributed by atoms with van der Waals surface area (Å²) in [5.41, 5.74) is 6.91. The summed E-state index contributed by atoms with van der Waals surface area (Å²) in [7, 11) is 0. The molecule has 0 aliphatic carbocycles. The average molecular weight is 235 g/mol. The maximum atomic E-state index is 11.7. The first kappa shape index (κ1) is 13.7. The van der Waals surface area contributed by atoms with Crippen molar-refractivity contribution in [2.24, 2.45) is 11.7 Å². The van der Waals surface area contributed by atoms with E-state index in [0.29, 0.717) is 18.1 Å². The highest BCUT2D eigenvalue weighted by molar-refractivity contribution is 5.77. The first-order valence-electron chi connectivity index (χ1n) is 6.09. The number of carbonyl (C=O) groups excluding carboxylic acids is 1. The van der Waals surface area contributed by atoms with Gasteiger partial charge in [-0.2, -0.15) is 0 Å². The van der Waals surface area contributed by atoms with Crippen LogP contribution >= 0.6 is 0 Å². The van der Waals surface area contributed by atoms with Gasteiger partial charge in [-0.1, -0.05) is 32.9 Å². The third-order valence-corrected chi connectivity index (χ3v) is 2.55. The molecule has 0 saturated heterocycles. The fourth-order valence-corrected chi connectivity index (χ4v) is 1.62. The van der Waals surface area contributed by atoms with Crippen LogP contribution in [0.5, 0.6) is 5.75 Å². The Bertz CT molecular complexity index is 374. The van der Waals surface area contributed by atoms with Gasteiger partial charge in [0.05, 0.1) is 0 Å². The maximum absolute atomic E-state index is 11.7. The summed E-state index contributed by atoms with van der Waals surface area (Å²) in [6.07, 6.45) is 1.57. The first-order chi connectivity index (χ1) is 8.02. The van der Waals surface area contributed by atoms with Gasteiger partial charge in [0.25, 0.3) is 0 Å². The lowest BCUT2D eigenvalue weighted by Crippen LogP contribution is -2.35. The van der Waals surface area contributed by atoms with Gasteiger partial charge in [-0.05, 0) is 36.5 Å². The minimum atomic E-state index is -0.541. The Hall–Kier alpha value is -1.35. The van der Waals surface area contributed by atoms with Gasteiger partial charge in [-0.15, -0.1) is 0 Å². The van der Waals surface area contributed by atoms with Gasteiger partial charge in [-0.25, -0.2) is 4.79 Å². The molecule has 1 atom stereocenters. The van der Waals surface area contributed by atoms with Crippen molar-refractivity contribution in [3.63, 3.8) is 0 Å². The molecule has 3 heteroatoms. The molecule has 1 aromatic rings. The van der Waals surface area contributed by atoms with Crippen LogP contribution in [0, 0.1) is 5.92 Å². The van der Waals surface area contributed by atoms with E-state index in [4.69, 9.17) is 10.5 Å². The quantitative estimate of drug-likeness (QED) is 0.630. The molecule has 0 saturated carbocycles. The zero-order chi connectivity index (χ0) is 12.8. The van der Waals surface area contributed by atoms with Crippen LogP contribution in [-0.2, 0) is 11.2 Å². The van der Waals surface area contributed by atoms with E-state index in [1.807, 2.05) is 32.0 Å². The van der Waals surface area contributed by atoms with Crippen LogP contribution in [0.25, 0.3) is 0 Å². The minimum Gasteiger partial charge on any atom is -0.425 e. The van der Waals surface area contributed by atoms with Crippen molar-refractivity contribution in [1.29, 1.82) is 0 Å². The van der Waals surface area contributed by atoms with E-state index < -0.39 is 6.04 Å². The molecule has 3 nitrogen and oxygen atoms in total. The summed E-state index contributed by atoms with van der Waals surface area (Å²) in [6, 6.07) is 7.00. The van der Waals surface area contributed by atoms with Gasteiger partial charge in [0, 0.05) is 0 Å². The average Bonchev–Trinajstić information content (AvgIpc) is 2.28. The van der Waals surface area contributed by atoms with E-state index >= 15 is 0 Å². The van der Waals surface area contributed by atoms with Gasteiger partial charge in [0.1, 0.15) is 11.8 Å². The Morgan fingerprint density at radius 2 is 2.12 bits per heavy atom. The van der Waals surface area contributed by atoms with Gasteiger partial charge in [-0.3, -0.25) is 0 Å². The molecular weight excluding hydrogens is 214 g/mol. The molecule has 0 heterocycles. The summed E-state index contributed by atoms with van der Waals surface area (Å²) >= 11 is 0. The van der Waals surface area contributed by atoms with Crippen LogP contribution in [0.15, 0.2) is 24.3 Å². The van der Waals surface area contributed by atoms with Gasteiger partial charge >= 0.3 is 5.97 Å². The molecule has 1 unspecified atom stereocenters. The first-order valence-corrected chi connectivity index (χ1v) is 6.09. The second-order valence-electron chi connectivity index (χ2n) is 4.66. The number of hydrogen-bond donors (Lipinski definition) is 1. The topological polar surface area (TPSA) is 52.3 Å². The molecule has 0 aliphatic rings. The van der Waals surface area contributed by atoms with Crippen molar-refractivity contribution in [1.82, 2.24) is 0 Å². The van der Waals surface area contributed by atoms with E-state index in [-0.39, 0.29) is 5.97 Å². The highest BCUT2D eigenvalue weighted by atomic mass is 16.5. The highest BCUT2D eigenvalue weighted by Crippen LogP contribution is 2.15. The number of aryl methyl sites for hydroxylation is 1. The number of esters is 1. The summed E-state index contributed by atoms with van der Waals surface area (Å²) in [4.78, 5) is 11.7. The summed E-state index contributed by atoms with van der Waals surface area (Å²) < 4.78 is 5.26. The molecule has 2 N–H and O–H groups in total. The maximum Gasteiger partial charge on any atom is 0.328 e. The van der Waals surface area contributed by atoms with Crippen molar-refractivity contribution >= 4 is 5.97 Å². The Balaban J connectivity index is 2.61. The van der Waals surface area contributed by atoms with Gasteiger partial charge < -0.3 is 10.5 Å². The Morgan fingerprint density at radius 1 is 1.41 bits per heavy atom. The van der Waals surface area contributed by atoms with E-state index in [1.165, 1.54) is 0 Å². The number of hydrogen-bond acceptors (Lipinski definition) is 3. The molecule has 0 amide bonds. The zero-order valence-corrected chi connectivity index (χ0v) is 10.8. The number of rotatable bonds is 5. The van der Waals surface area contributed by atoms with Crippen LogP contribution in [0.2, 0.25) is 0 Å². The van der Waals surface area contributed by atoms with Crippen molar-refractivity contribution in [2.45, 2.75) is 39.7 Å². The Morgan fingerprint density at radius 3 is 2.71 bits per heavy atom. The minimum absolute atomic E-state index is 0.355. The third kappa shape index (κ3) is 4.57. The van der Waals surface area contributed by atoms with Crippen LogP contribution in [0.3, 0.4) is 0 Å². The van der Waals surface area contributed by atoms with E-state index in [9.17, 15) is 4.79 Å². The predicted molar refractivity (Wildman–Crippen MR) is 68.9 cm³/mol. The molecule has 0 bridgehead atoms. The largest absolute Gasteiger partial charge is 0.425 e. The second-order valence-corrected chi connectivity index (χ2v) is 4.66. The second kappa shape index (κ2) is 6.40. The third-order valence-electron chi connectivity index (χ3n) is 2.55. The standard InChI is InChI=1S/C14H21NO2/c1-4-11-6-5-7-12(9-11)17-14(16)13(15)8-10(2)3/h5-7,9-10,13H,4,8,15H2,1-3H3. The highest BCUT2D eigenvalue weighted by Gasteiger charge is 2.17. The smallest absolute Gasteiger partial charge is 0.328 e. The van der Waals surface area contributed by atoms with Crippen LogP contribution in [0.1, 0.15) is 32.8 Å². The summed E-state index contributed by atoms with van der Waals surface area (Å²) in [5, 5.41) is 0. The molecule has 94 valence electrons. The summed E-state index contributed by atoms with van der Waals surface area (Å²) in [5.74, 6) is 0.611. The molecule has 0 spiro atoms. The van der Waals surface area contributed by atoms with Crippen LogP contribution in [0.4, 0.5) is 0 Å². The van der Waals surface area contributed by atoms with Crippen molar-refractivity contribution < 1.29 is 9.53 Å². The predicted octanol–water partition coefficient (Wildman–Crippen LogP) is 2.53. The number of nitrogens with two attached hydrogens (primary N) is 1. The zero-order valence-electron chi connectivity index (χ0n) is 10.8. The summed E-state index contributed by atoms with van der Waals surface area (Å²) in [6.45, 7) is 6.13. The van der Waals surface area contributed by atoms with E-state index in [0.717, 1.165) is 12.0 Å². The van der Waals surface area contributed by atoms with Crippen LogP contribution in [-0.4, -0.2) is 12.0 Å². The lowest BCUT2D eigenvalue weighted by atomic mass is 10.1. The SMILES string of the molecule is CCc1cccc(OC(=O)C(N)CC(C)C)c1. The van der Waals surface area contributed by atoms with Gasteiger partial charge in [0.2, 0.25) is 0 Å². The van der Waals surface area contributed by atoms with Crippen molar-refractivity contribution in [3.05, 3.63) is 29.8 Å². The molecule has 0 radical (unpaired) electrons. The Labute approximate surface area is 103 Å². The van der Waals surface area contributed by atoms with E-state index in [2.05, 4.69) is 6.92 Å². The Kier molecular flexibility index (Phi) is 5.16. The molecule has 0 aliphatic heterocycles. The lowest BCUT2D eigenvalue weighted by Gasteiger charge is -2.13. The normalized spacial score (nSPS) is 12.5. The number of ether oxygens (including phenoxy) is 1. The monoisotopic (exact) mass is 235 g/mol. The molecule has 1 rings (SSSR count). The van der Waals surface area contributed by atoms with Crippen molar-refractivity contribution in [3.8, 4) is 5.75 Å². The molecule has 0 aromatic heterocycles. The molecule has 0 fully saturated rings. The van der Waals surface area contributed by atoms with E-state index in [1.54, 1.807) is 6.07 Å². The molecule has 17 heavy (non-hydrogen) atoms.